The Balaban J connectivity index is 1.82. The molecule has 1 saturated heterocycles. The lowest BCUT2D eigenvalue weighted by Gasteiger charge is -2.20. The fraction of sp³-hybridized carbons (Fsp3) is 0.571. The maximum Gasteiger partial charge on any atom is 0.0107 e. The number of fused-ring (bicyclic) bond motifs is 1. The van der Waals surface area contributed by atoms with Gasteiger partial charge in [-0.1, -0.05) is 12.1 Å². The van der Waals surface area contributed by atoms with Gasteiger partial charge in [0.25, 0.3) is 0 Å². The van der Waals surface area contributed by atoms with E-state index in [0.717, 1.165) is 5.92 Å². The Morgan fingerprint density at radius 2 is 2.38 bits per heavy atom. The van der Waals surface area contributed by atoms with Gasteiger partial charge in [-0.25, -0.2) is 0 Å². The summed E-state index contributed by atoms with van der Waals surface area (Å²) in [6.45, 7) is 2.44. The van der Waals surface area contributed by atoms with Gasteiger partial charge in [-0.05, 0) is 67.6 Å². The Kier molecular flexibility index (Phi) is 3.20. The van der Waals surface area contributed by atoms with E-state index in [1.165, 1.54) is 44.5 Å². The monoisotopic (exact) mass is 233 g/mol. The summed E-state index contributed by atoms with van der Waals surface area (Å²) in [4.78, 5) is 1.55. The van der Waals surface area contributed by atoms with Crippen LogP contribution in [0.2, 0.25) is 0 Å². The summed E-state index contributed by atoms with van der Waals surface area (Å²) in [6.07, 6.45) is 5.31. The molecule has 1 aromatic carbocycles. The quantitative estimate of drug-likeness (QED) is 0.843. The number of nitrogens with one attached hydrogen (secondary N) is 1. The normalized spacial score (nSPS) is 24.4. The highest BCUT2D eigenvalue weighted by Crippen LogP contribution is 2.33. The highest BCUT2D eigenvalue weighted by atomic mass is 32.2. The van der Waals surface area contributed by atoms with Crippen molar-refractivity contribution in [2.45, 2.75) is 30.6 Å². The summed E-state index contributed by atoms with van der Waals surface area (Å²) in [6, 6.07) is 6.90. The molecule has 3 rings (SSSR count). The molecular weight excluding hydrogens is 214 g/mol. The van der Waals surface area contributed by atoms with E-state index >= 15 is 0 Å². The summed E-state index contributed by atoms with van der Waals surface area (Å²) in [5.74, 6) is 2.18. The Hall–Kier alpha value is -0.470. The summed E-state index contributed by atoms with van der Waals surface area (Å²) in [7, 11) is 0. The van der Waals surface area contributed by atoms with Crippen molar-refractivity contribution in [2.24, 2.45) is 5.92 Å². The molecule has 0 bridgehead atoms. The third kappa shape index (κ3) is 2.14. The molecule has 0 saturated carbocycles. The van der Waals surface area contributed by atoms with Crippen molar-refractivity contribution >= 4 is 11.8 Å². The highest BCUT2D eigenvalue weighted by molar-refractivity contribution is 7.99. The van der Waals surface area contributed by atoms with Gasteiger partial charge in [0, 0.05) is 4.90 Å². The number of rotatable bonds is 2. The fourth-order valence-corrected chi connectivity index (χ4v) is 3.94. The molecule has 1 atom stereocenters. The van der Waals surface area contributed by atoms with Gasteiger partial charge in [-0.3, -0.25) is 0 Å². The van der Waals surface area contributed by atoms with Gasteiger partial charge in [0.1, 0.15) is 0 Å². The van der Waals surface area contributed by atoms with Crippen LogP contribution in [0.4, 0.5) is 0 Å². The second-order valence-electron chi connectivity index (χ2n) is 4.91. The molecule has 0 amide bonds. The van der Waals surface area contributed by atoms with Crippen molar-refractivity contribution in [2.75, 3.05) is 18.8 Å². The molecule has 1 unspecified atom stereocenters. The standard InChI is InChI=1S/C14H19NS/c1-3-12(9-11-6-7-15-10-11)13-4-2-8-16-14(13)5-1/h1,3,5,11,15H,2,4,6-10H2. The largest absolute Gasteiger partial charge is 0.316 e. The molecule has 2 heterocycles. The van der Waals surface area contributed by atoms with E-state index in [0.29, 0.717) is 0 Å². The van der Waals surface area contributed by atoms with Crippen LogP contribution in [0, 0.1) is 5.92 Å². The smallest absolute Gasteiger partial charge is 0.0107 e. The number of thioether (sulfide) groups is 1. The molecule has 86 valence electrons. The average molecular weight is 233 g/mol. The van der Waals surface area contributed by atoms with Crippen molar-refractivity contribution in [1.82, 2.24) is 5.32 Å². The predicted octanol–water partition coefficient (Wildman–Crippen LogP) is 2.88. The molecular formula is C14H19NS. The maximum atomic E-state index is 3.47. The minimum atomic E-state index is 0.874. The minimum Gasteiger partial charge on any atom is -0.316 e. The topological polar surface area (TPSA) is 12.0 Å². The minimum absolute atomic E-state index is 0.874. The number of benzene rings is 1. The molecule has 1 fully saturated rings. The van der Waals surface area contributed by atoms with Crippen LogP contribution in [0.3, 0.4) is 0 Å². The summed E-state index contributed by atoms with van der Waals surface area (Å²) >= 11 is 2.05. The molecule has 1 N–H and O–H groups in total. The predicted molar refractivity (Wildman–Crippen MR) is 70.2 cm³/mol. The first kappa shape index (κ1) is 10.7. The van der Waals surface area contributed by atoms with Crippen LogP contribution in [-0.2, 0) is 12.8 Å². The molecule has 0 aromatic heterocycles. The zero-order chi connectivity index (χ0) is 10.8. The average Bonchev–Trinajstić information content (AvgIpc) is 2.82. The van der Waals surface area contributed by atoms with E-state index in [1.54, 1.807) is 16.0 Å². The molecule has 2 aliphatic rings. The van der Waals surface area contributed by atoms with Crippen molar-refractivity contribution in [1.29, 1.82) is 0 Å². The van der Waals surface area contributed by atoms with Gasteiger partial charge >= 0.3 is 0 Å². The van der Waals surface area contributed by atoms with Crippen molar-refractivity contribution in [3.63, 3.8) is 0 Å². The molecule has 2 heteroatoms. The SMILES string of the molecule is c1cc(CC2CCNC2)c2c(c1)SCCC2. The summed E-state index contributed by atoms with van der Waals surface area (Å²) in [5.41, 5.74) is 3.28. The van der Waals surface area contributed by atoms with E-state index in [-0.39, 0.29) is 0 Å². The van der Waals surface area contributed by atoms with Crippen LogP contribution in [-0.4, -0.2) is 18.8 Å². The summed E-state index contributed by atoms with van der Waals surface area (Å²) in [5, 5.41) is 3.47. The van der Waals surface area contributed by atoms with Crippen LogP contribution in [0.1, 0.15) is 24.0 Å². The van der Waals surface area contributed by atoms with E-state index in [4.69, 9.17) is 0 Å². The van der Waals surface area contributed by atoms with E-state index < -0.39 is 0 Å². The lowest BCUT2D eigenvalue weighted by molar-refractivity contribution is 0.575. The lowest BCUT2D eigenvalue weighted by atomic mass is 9.93. The maximum absolute atomic E-state index is 3.47. The van der Waals surface area contributed by atoms with Crippen molar-refractivity contribution in [3.8, 4) is 0 Å². The fourth-order valence-electron chi connectivity index (χ4n) is 2.85. The number of hydrogen-bond acceptors (Lipinski definition) is 2. The van der Waals surface area contributed by atoms with Gasteiger partial charge < -0.3 is 5.32 Å². The number of hydrogen-bond donors (Lipinski definition) is 1. The first-order valence-corrected chi connectivity index (χ1v) is 7.36. The molecule has 1 aromatic rings. The van der Waals surface area contributed by atoms with Crippen molar-refractivity contribution < 1.29 is 0 Å². The Labute approximate surface area is 102 Å². The van der Waals surface area contributed by atoms with Crippen LogP contribution < -0.4 is 5.32 Å². The van der Waals surface area contributed by atoms with Gasteiger partial charge in [0.15, 0.2) is 0 Å². The Bertz CT molecular complexity index is 369. The van der Waals surface area contributed by atoms with Gasteiger partial charge in [-0.15, -0.1) is 11.8 Å². The zero-order valence-electron chi connectivity index (χ0n) is 9.67. The second kappa shape index (κ2) is 4.80. The van der Waals surface area contributed by atoms with Crippen LogP contribution in [0.15, 0.2) is 23.1 Å². The highest BCUT2D eigenvalue weighted by Gasteiger charge is 2.19. The molecule has 2 aliphatic heterocycles. The Morgan fingerprint density at radius 3 is 3.25 bits per heavy atom. The second-order valence-corrected chi connectivity index (χ2v) is 6.05. The van der Waals surface area contributed by atoms with E-state index in [9.17, 15) is 0 Å². The first-order valence-electron chi connectivity index (χ1n) is 6.38. The molecule has 0 aliphatic carbocycles. The molecule has 0 radical (unpaired) electrons. The zero-order valence-corrected chi connectivity index (χ0v) is 10.5. The van der Waals surface area contributed by atoms with E-state index in [1.807, 2.05) is 11.8 Å². The van der Waals surface area contributed by atoms with Gasteiger partial charge in [0.2, 0.25) is 0 Å². The third-order valence-electron chi connectivity index (χ3n) is 3.73. The van der Waals surface area contributed by atoms with Crippen LogP contribution >= 0.6 is 11.8 Å². The van der Waals surface area contributed by atoms with Gasteiger partial charge in [-0.2, -0.15) is 0 Å². The molecule has 0 spiro atoms. The van der Waals surface area contributed by atoms with Crippen LogP contribution in [0.5, 0.6) is 0 Å². The Morgan fingerprint density at radius 1 is 1.38 bits per heavy atom. The van der Waals surface area contributed by atoms with Gasteiger partial charge in [0.05, 0.1) is 0 Å². The molecule has 1 nitrogen and oxygen atoms in total. The third-order valence-corrected chi connectivity index (χ3v) is 4.92. The van der Waals surface area contributed by atoms with Crippen LogP contribution in [0.25, 0.3) is 0 Å². The molecule has 16 heavy (non-hydrogen) atoms. The van der Waals surface area contributed by atoms with E-state index in [2.05, 4.69) is 23.5 Å². The summed E-state index contributed by atoms with van der Waals surface area (Å²) < 4.78 is 0. The van der Waals surface area contributed by atoms with Crippen molar-refractivity contribution in [3.05, 3.63) is 29.3 Å². The first-order chi connectivity index (χ1) is 7.93. The lowest BCUT2D eigenvalue weighted by Crippen LogP contribution is -2.12.